The van der Waals surface area contributed by atoms with Crippen LogP contribution in [0.2, 0.25) is 0 Å². The van der Waals surface area contributed by atoms with Gasteiger partial charge in [0.25, 0.3) is 0 Å². The number of benzene rings is 1. The van der Waals surface area contributed by atoms with Crippen molar-refractivity contribution < 1.29 is 5.11 Å². The van der Waals surface area contributed by atoms with Gasteiger partial charge in [0.2, 0.25) is 0 Å². The molecular formula is C14H19N3O. The molecular weight excluding hydrogens is 226 g/mol. The van der Waals surface area contributed by atoms with E-state index in [0.29, 0.717) is 0 Å². The summed E-state index contributed by atoms with van der Waals surface area (Å²) in [5.41, 5.74) is 3.34. The number of aliphatic hydroxyl groups excluding tert-OH is 1. The summed E-state index contributed by atoms with van der Waals surface area (Å²) < 4.78 is 2.01. The molecule has 1 saturated carbocycles. The summed E-state index contributed by atoms with van der Waals surface area (Å²) in [6.07, 6.45) is 5.32. The SMILES string of the molecule is Cn1cnc2cc(NCC3(CO)CCC3)ccc21. The molecule has 1 aliphatic rings. The summed E-state index contributed by atoms with van der Waals surface area (Å²) in [5, 5.41) is 12.9. The number of hydrogen-bond acceptors (Lipinski definition) is 3. The van der Waals surface area contributed by atoms with Crippen molar-refractivity contribution in [3.63, 3.8) is 0 Å². The van der Waals surface area contributed by atoms with Gasteiger partial charge in [-0.2, -0.15) is 0 Å². The zero-order chi connectivity index (χ0) is 12.6. The van der Waals surface area contributed by atoms with Crippen LogP contribution in [0, 0.1) is 5.41 Å². The third kappa shape index (κ3) is 1.86. The van der Waals surface area contributed by atoms with Gasteiger partial charge in [0.15, 0.2) is 0 Å². The third-order valence-electron chi connectivity index (χ3n) is 4.14. The van der Waals surface area contributed by atoms with Gasteiger partial charge in [0, 0.05) is 24.7 Å². The summed E-state index contributed by atoms with van der Waals surface area (Å²) in [6, 6.07) is 6.23. The average Bonchev–Trinajstić information content (AvgIpc) is 2.70. The highest BCUT2D eigenvalue weighted by atomic mass is 16.3. The highest BCUT2D eigenvalue weighted by molar-refractivity contribution is 5.79. The van der Waals surface area contributed by atoms with Crippen LogP contribution in [-0.2, 0) is 7.05 Å². The van der Waals surface area contributed by atoms with E-state index in [2.05, 4.69) is 28.5 Å². The molecule has 4 heteroatoms. The number of hydrogen-bond donors (Lipinski definition) is 2. The van der Waals surface area contributed by atoms with Crippen LogP contribution in [0.3, 0.4) is 0 Å². The van der Waals surface area contributed by atoms with E-state index in [1.807, 2.05) is 17.9 Å². The van der Waals surface area contributed by atoms with Crippen molar-refractivity contribution in [1.82, 2.24) is 9.55 Å². The predicted molar refractivity (Wildman–Crippen MR) is 72.6 cm³/mol. The van der Waals surface area contributed by atoms with E-state index >= 15 is 0 Å². The Morgan fingerprint density at radius 3 is 2.94 bits per heavy atom. The lowest BCUT2D eigenvalue weighted by Crippen LogP contribution is -2.39. The molecule has 0 bridgehead atoms. The Kier molecular flexibility index (Phi) is 2.74. The highest BCUT2D eigenvalue weighted by Gasteiger charge is 2.35. The second kappa shape index (κ2) is 4.28. The number of aromatic nitrogens is 2. The molecule has 3 rings (SSSR count). The minimum absolute atomic E-state index is 0.110. The van der Waals surface area contributed by atoms with Gasteiger partial charge in [-0.1, -0.05) is 6.42 Å². The van der Waals surface area contributed by atoms with Crippen LogP contribution in [0.5, 0.6) is 0 Å². The summed E-state index contributed by atoms with van der Waals surface area (Å²) in [6.45, 7) is 1.13. The van der Waals surface area contributed by atoms with Crippen LogP contribution in [-0.4, -0.2) is 27.8 Å². The minimum atomic E-state index is 0.110. The zero-order valence-electron chi connectivity index (χ0n) is 10.7. The van der Waals surface area contributed by atoms with E-state index in [1.54, 1.807) is 0 Å². The second-order valence-corrected chi connectivity index (χ2v) is 5.42. The first-order valence-electron chi connectivity index (χ1n) is 6.48. The first kappa shape index (κ1) is 11.5. The molecule has 18 heavy (non-hydrogen) atoms. The predicted octanol–water partition coefficient (Wildman–Crippen LogP) is 2.15. The first-order valence-corrected chi connectivity index (χ1v) is 6.48. The lowest BCUT2D eigenvalue weighted by atomic mass is 9.69. The van der Waals surface area contributed by atoms with Gasteiger partial charge >= 0.3 is 0 Å². The molecule has 4 nitrogen and oxygen atoms in total. The molecule has 1 fully saturated rings. The van der Waals surface area contributed by atoms with Crippen molar-refractivity contribution in [2.75, 3.05) is 18.5 Å². The Morgan fingerprint density at radius 1 is 1.44 bits per heavy atom. The number of rotatable bonds is 4. The molecule has 0 amide bonds. The number of aliphatic hydroxyl groups is 1. The van der Waals surface area contributed by atoms with E-state index in [4.69, 9.17) is 0 Å². The maximum absolute atomic E-state index is 9.43. The molecule has 2 N–H and O–H groups in total. The largest absolute Gasteiger partial charge is 0.396 e. The van der Waals surface area contributed by atoms with Crippen molar-refractivity contribution in [3.8, 4) is 0 Å². The van der Waals surface area contributed by atoms with E-state index < -0.39 is 0 Å². The Hall–Kier alpha value is -1.55. The first-order chi connectivity index (χ1) is 8.72. The highest BCUT2D eigenvalue weighted by Crippen LogP contribution is 2.40. The molecule has 96 valence electrons. The Balaban J connectivity index is 1.74. The molecule has 1 aliphatic carbocycles. The van der Waals surface area contributed by atoms with Gasteiger partial charge in [-0.25, -0.2) is 4.98 Å². The number of aryl methyl sites for hydroxylation is 1. The number of nitrogens with one attached hydrogen (secondary N) is 1. The topological polar surface area (TPSA) is 50.1 Å². The summed E-state index contributed by atoms with van der Waals surface area (Å²) in [5.74, 6) is 0. The quantitative estimate of drug-likeness (QED) is 0.867. The van der Waals surface area contributed by atoms with Crippen molar-refractivity contribution in [3.05, 3.63) is 24.5 Å². The van der Waals surface area contributed by atoms with Crippen LogP contribution >= 0.6 is 0 Å². The van der Waals surface area contributed by atoms with Gasteiger partial charge in [-0.3, -0.25) is 0 Å². The van der Waals surface area contributed by atoms with E-state index in [1.165, 1.54) is 6.42 Å². The van der Waals surface area contributed by atoms with Crippen molar-refractivity contribution in [2.24, 2.45) is 12.5 Å². The molecule has 0 atom stereocenters. The Bertz CT molecular complexity index is 552. The number of fused-ring (bicyclic) bond motifs is 1. The van der Waals surface area contributed by atoms with E-state index in [0.717, 1.165) is 36.1 Å². The average molecular weight is 245 g/mol. The lowest BCUT2D eigenvalue weighted by Gasteiger charge is -2.40. The smallest absolute Gasteiger partial charge is 0.0955 e. The molecule has 1 heterocycles. The molecule has 1 aromatic carbocycles. The molecule has 0 unspecified atom stereocenters. The normalized spacial score (nSPS) is 17.7. The van der Waals surface area contributed by atoms with E-state index in [9.17, 15) is 5.11 Å². The van der Waals surface area contributed by atoms with E-state index in [-0.39, 0.29) is 12.0 Å². The van der Waals surface area contributed by atoms with Crippen molar-refractivity contribution >= 4 is 16.7 Å². The van der Waals surface area contributed by atoms with Gasteiger partial charge in [-0.15, -0.1) is 0 Å². The molecule has 0 spiro atoms. The zero-order valence-corrected chi connectivity index (χ0v) is 10.7. The number of anilines is 1. The summed E-state index contributed by atoms with van der Waals surface area (Å²) in [7, 11) is 2.00. The maximum Gasteiger partial charge on any atom is 0.0955 e. The third-order valence-corrected chi connectivity index (χ3v) is 4.14. The van der Waals surface area contributed by atoms with Gasteiger partial charge in [-0.05, 0) is 31.0 Å². The fourth-order valence-electron chi connectivity index (χ4n) is 2.60. The maximum atomic E-state index is 9.43. The van der Waals surface area contributed by atoms with Gasteiger partial charge in [0.05, 0.1) is 24.0 Å². The van der Waals surface area contributed by atoms with Crippen molar-refractivity contribution in [2.45, 2.75) is 19.3 Å². The second-order valence-electron chi connectivity index (χ2n) is 5.42. The van der Waals surface area contributed by atoms with Crippen LogP contribution in [0.1, 0.15) is 19.3 Å². The van der Waals surface area contributed by atoms with Gasteiger partial charge < -0.3 is 15.0 Å². The summed E-state index contributed by atoms with van der Waals surface area (Å²) >= 11 is 0. The fourth-order valence-corrected chi connectivity index (χ4v) is 2.60. The Morgan fingerprint density at radius 2 is 2.28 bits per heavy atom. The summed E-state index contributed by atoms with van der Waals surface area (Å²) in [4.78, 5) is 4.35. The van der Waals surface area contributed by atoms with Gasteiger partial charge in [0.1, 0.15) is 0 Å². The minimum Gasteiger partial charge on any atom is -0.396 e. The molecule has 0 aliphatic heterocycles. The monoisotopic (exact) mass is 245 g/mol. The molecule has 0 saturated heterocycles. The standard InChI is InChI=1S/C14H19N3O/c1-17-10-16-12-7-11(3-4-13(12)17)15-8-14(9-18)5-2-6-14/h3-4,7,10,15,18H,2,5-6,8-9H2,1H3. The van der Waals surface area contributed by atoms with Crippen LogP contribution in [0.15, 0.2) is 24.5 Å². The molecule has 1 aromatic heterocycles. The van der Waals surface area contributed by atoms with Crippen LogP contribution < -0.4 is 5.32 Å². The number of nitrogens with zero attached hydrogens (tertiary/aromatic N) is 2. The van der Waals surface area contributed by atoms with Crippen LogP contribution in [0.25, 0.3) is 11.0 Å². The van der Waals surface area contributed by atoms with Crippen LogP contribution in [0.4, 0.5) is 5.69 Å². The fraction of sp³-hybridized carbons (Fsp3) is 0.500. The molecule has 2 aromatic rings. The molecule has 0 radical (unpaired) electrons. The van der Waals surface area contributed by atoms with Crippen molar-refractivity contribution in [1.29, 1.82) is 0 Å². The lowest BCUT2D eigenvalue weighted by molar-refractivity contribution is 0.0576. The number of imidazole rings is 1. The Labute approximate surface area is 107 Å².